The van der Waals surface area contributed by atoms with E-state index in [4.69, 9.17) is 4.99 Å². The highest BCUT2D eigenvalue weighted by Gasteiger charge is 2.54. The van der Waals surface area contributed by atoms with Crippen LogP contribution < -0.4 is 0 Å². The Morgan fingerprint density at radius 1 is 1.06 bits per heavy atom. The van der Waals surface area contributed by atoms with E-state index >= 15 is 0 Å². The summed E-state index contributed by atoms with van der Waals surface area (Å²) in [5.41, 5.74) is 3.76. The number of alkyl halides is 1. The lowest BCUT2D eigenvalue weighted by Crippen LogP contribution is -2.50. The van der Waals surface area contributed by atoms with E-state index < -0.39 is 0 Å². The zero-order valence-corrected chi connectivity index (χ0v) is 24.2. The maximum atomic E-state index is 4.77. The largest absolute Gasteiger partial charge is 0.304 e. The van der Waals surface area contributed by atoms with E-state index in [1.807, 2.05) is 0 Å². The quantitative estimate of drug-likeness (QED) is 0.119. The van der Waals surface area contributed by atoms with Gasteiger partial charge in [0, 0.05) is 26.8 Å². The van der Waals surface area contributed by atoms with Crippen LogP contribution >= 0.6 is 45.2 Å². The van der Waals surface area contributed by atoms with E-state index in [-0.39, 0.29) is 0 Å². The van der Waals surface area contributed by atoms with Gasteiger partial charge in [0.25, 0.3) is 0 Å². The Labute approximate surface area is 223 Å². The third-order valence-electron chi connectivity index (χ3n) is 9.14. The summed E-state index contributed by atoms with van der Waals surface area (Å²) in [7, 11) is 2.31. The second kappa shape index (κ2) is 10.1. The number of likely N-dealkylation sites (N-methyl/N-ethyl adjacent to an activating group) is 1. The van der Waals surface area contributed by atoms with Crippen LogP contribution in [0.5, 0.6) is 0 Å². The van der Waals surface area contributed by atoms with Crippen molar-refractivity contribution in [1.29, 1.82) is 0 Å². The minimum absolute atomic E-state index is 0.608. The SMILES string of the molecule is CC1=CC(CN(C)CCN=CC2=CC(I)=CC(I)C2)CC(C23CC4CC(CC(C4)C2)C3)C1. The number of halogens is 2. The van der Waals surface area contributed by atoms with Gasteiger partial charge in [0.15, 0.2) is 0 Å². The van der Waals surface area contributed by atoms with E-state index in [1.165, 1.54) is 28.5 Å². The van der Waals surface area contributed by atoms with Gasteiger partial charge >= 0.3 is 0 Å². The maximum Gasteiger partial charge on any atom is 0.0516 e. The van der Waals surface area contributed by atoms with Crippen LogP contribution in [0.1, 0.15) is 64.7 Å². The summed E-state index contributed by atoms with van der Waals surface area (Å²) >= 11 is 4.95. The molecule has 32 heavy (non-hydrogen) atoms. The van der Waals surface area contributed by atoms with Crippen LogP contribution in [-0.2, 0) is 0 Å². The van der Waals surface area contributed by atoms with Gasteiger partial charge in [-0.05, 0) is 141 Å². The monoisotopic (exact) mass is 658 g/mol. The first kappa shape index (κ1) is 24.0. The highest BCUT2D eigenvalue weighted by atomic mass is 127. The normalized spacial score (nSPS) is 41.2. The van der Waals surface area contributed by atoms with Gasteiger partial charge in [-0.25, -0.2) is 0 Å². The molecule has 2 nitrogen and oxygen atoms in total. The maximum absolute atomic E-state index is 4.77. The highest BCUT2D eigenvalue weighted by Crippen LogP contribution is 2.64. The van der Waals surface area contributed by atoms with Crippen LogP contribution in [0.25, 0.3) is 0 Å². The summed E-state index contributed by atoms with van der Waals surface area (Å²) in [6.45, 7) is 5.59. The molecule has 6 rings (SSSR count). The van der Waals surface area contributed by atoms with Crippen molar-refractivity contribution >= 4 is 51.4 Å². The summed E-state index contributed by atoms with van der Waals surface area (Å²) in [4.78, 5) is 7.31. The van der Waals surface area contributed by atoms with Crippen molar-refractivity contribution in [2.75, 3.05) is 26.7 Å². The molecule has 0 spiro atoms. The first-order valence-electron chi connectivity index (χ1n) is 12.9. The van der Waals surface area contributed by atoms with E-state index in [2.05, 4.69) is 88.5 Å². The van der Waals surface area contributed by atoms with E-state index in [0.717, 1.165) is 49.1 Å². The third-order valence-corrected chi connectivity index (χ3v) is 10.6. The molecule has 0 aromatic rings. The molecule has 4 fully saturated rings. The lowest BCUT2D eigenvalue weighted by atomic mass is 9.45. The average molecular weight is 658 g/mol. The second-order valence-electron chi connectivity index (χ2n) is 12.0. The Balaban J connectivity index is 1.13. The second-order valence-corrected chi connectivity index (χ2v) is 14.8. The number of rotatable bonds is 7. The molecule has 0 aromatic heterocycles. The minimum atomic E-state index is 0.608. The topological polar surface area (TPSA) is 15.6 Å². The number of hydrogen-bond donors (Lipinski definition) is 0. The van der Waals surface area contributed by atoms with E-state index in [1.54, 1.807) is 44.1 Å². The molecular weight excluding hydrogens is 618 g/mol. The summed E-state index contributed by atoms with van der Waals surface area (Å²) in [6, 6.07) is 0. The molecule has 4 bridgehead atoms. The molecule has 4 heteroatoms. The van der Waals surface area contributed by atoms with Crippen molar-refractivity contribution < 1.29 is 0 Å². The fraction of sp³-hybridized carbons (Fsp3) is 0.750. The number of aliphatic imine (C=N–C) groups is 1. The molecule has 6 aliphatic rings. The summed E-state index contributed by atoms with van der Waals surface area (Å²) in [6.07, 6.45) is 22.7. The third kappa shape index (κ3) is 5.58. The Hall–Kier alpha value is 0.310. The van der Waals surface area contributed by atoms with Gasteiger partial charge in [-0.1, -0.05) is 40.3 Å². The highest BCUT2D eigenvalue weighted by molar-refractivity contribution is 14.1. The predicted octanol–water partition coefficient (Wildman–Crippen LogP) is 7.63. The van der Waals surface area contributed by atoms with Crippen LogP contribution in [0.15, 0.2) is 37.9 Å². The minimum Gasteiger partial charge on any atom is -0.304 e. The standard InChI is InChI=1S/C28H40I2N2/c1-19-5-24(18-32(2)4-3-31-17-23-11-26(29)13-27(30)12-23)10-25(6-19)28-14-20-7-21(15-28)9-22(8-20)16-28/h5,11,13,17,20-22,24-25,27H,3-4,6-10,12,14-16,18H2,1-2H3. The zero-order valence-electron chi connectivity index (χ0n) is 19.9. The summed E-state index contributed by atoms with van der Waals surface area (Å²) in [5.74, 6) is 4.92. The van der Waals surface area contributed by atoms with Crippen LogP contribution in [0.2, 0.25) is 0 Å². The van der Waals surface area contributed by atoms with Gasteiger partial charge in [-0.15, -0.1) is 0 Å². The number of hydrogen-bond acceptors (Lipinski definition) is 2. The van der Waals surface area contributed by atoms with Crippen molar-refractivity contribution in [3.05, 3.63) is 33.0 Å². The molecule has 4 saturated carbocycles. The lowest BCUT2D eigenvalue weighted by Gasteiger charge is -2.60. The van der Waals surface area contributed by atoms with Gasteiger partial charge in [0.2, 0.25) is 0 Å². The van der Waals surface area contributed by atoms with Crippen molar-refractivity contribution in [1.82, 2.24) is 4.90 Å². The lowest BCUT2D eigenvalue weighted by molar-refractivity contribution is -0.0928. The Kier molecular flexibility index (Phi) is 7.60. The molecule has 6 aliphatic carbocycles. The molecule has 3 unspecified atom stereocenters. The van der Waals surface area contributed by atoms with Crippen molar-refractivity contribution in [3.63, 3.8) is 0 Å². The van der Waals surface area contributed by atoms with Crippen molar-refractivity contribution in [2.24, 2.45) is 40.0 Å². The predicted molar refractivity (Wildman–Crippen MR) is 154 cm³/mol. The first-order valence-corrected chi connectivity index (χ1v) is 15.3. The fourth-order valence-corrected chi connectivity index (χ4v) is 10.8. The Morgan fingerprint density at radius 2 is 1.75 bits per heavy atom. The molecule has 0 amide bonds. The van der Waals surface area contributed by atoms with Gasteiger partial charge < -0.3 is 4.90 Å². The molecule has 0 radical (unpaired) electrons. The number of allylic oxidation sites excluding steroid dienone is 5. The molecule has 3 atom stereocenters. The first-order chi connectivity index (χ1) is 15.4. The Bertz CT molecular complexity index is 788. The average Bonchev–Trinajstić information content (AvgIpc) is 2.69. The van der Waals surface area contributed by atoms with Gasteiger partial charge in [0.1, 0.15) is 0 Å². The van der Waals surface area contributed by atoms with Crippen LogP contribution in [0.3, 0.4) is 0 Å². The fourth-order valence-electron chi connectivity index (χ4n) is 8.38. The van der Waals surface area contributed by atoms with Crippen molar-refractivity contribution in [2.45, 2.75) is 68.6 Å². The summed E-state index contributed by atoms with van der Waals surface area (Å²) in [5, 5.41) is 0. The van der Waals surface area contributed by atoms with Gasteiger partial charge in [-0.2, -0.15) is 0 Å². The van der Waals surface area contributed by atoms with Crippen LogP contribution in [-0.4, -0.2) is 41.7 Å². The van der Waals surface area contributed by atoms with Crippen molar-refractivity contribution in [3.8, 4) is 0 Å². The molecule has 0 heterocycles. The van der Waals surface area contributed by atoms with Crippen LogP contribution in [0, 0.1) is 35.0 Å². The zero-order chi connectivity index (χ0) is 22.3. The molecule has 0 N–H and O–H groups in total. The van der Waals surface area contributed by atoms with Gasteiger partial charge in [0.05, 0.1) is 6.54 Å². The Morgan fingerprint density at radius 3 is 2.41 bits per heavy atom. The molecule has 0 aromatic carbocycles. The smallest absolute Gasteiger partial charge is 0.0516 e. The molecular formula is C28H40I2N2. The molecule has 0 aliphatic heterocycles. The number of nitrogens with zero attached hydrogens (tertiary/aromatic N) is 2. The van der Waals surface area contributed by atoms with E-state index in [9.17, 15) is 0 Å². The molecule has 0 saturated heterocycles. The van der Waals surface area contributed by atoms with Gasteiger partial charge in [-0.3, -0.25) is 4.99 Å². The van der Waals surface area contributed by atoms with Crippen LogP contribution in [0.4, 0.5) is 0 Å². The molecule has 176 valence electrons. The summed E-state index contributed by atoms with van der Waals surface area (Å²) < 4.78 is 1.96. The van der Waals surface area contributed by atoms with E-state index in [0.29, 0.717) is 9.34 Å².